The van der Waals surface area contributed by atoms with E-state index in [9.17, 15) is 30.4 Å². The van der Waals surface area contributed by atoms with Gasteiger partial charge in [-0.1, -0.05) is 0 Å². The molecule has 1 heterocycles. The molecule has 4 aromatic rings. The summed E-state index contributed by atoms with van der Waals surface area (Å²) in [6.45, 7) is 0.128. The lowest BCUT2D eigenvalue weighted by atomic mass is 10.1. The van der Waals surface area contributed by atoms with Crippen LogP contribution in [0.2, 0.25) is 0 Å². The van der Waals surface area contributed by atoms with Crippen molar-refractivity contribution in [3.05, 3.63) is 114 Å². The molecule has 3 N–H and O–H groups in total. The third-order valence-corrected chi connectivity index (χ3v) is 7.94. The summed E-state index contributed by atoms with van der Waals surface area (Å²) < 4.78 is 82.4. The monoisotopic (exact) mass is 558 g/mol. The van der Waals surface area contributed by atoms with Gasteiger partial charge in [0, 0.05) is 24.5 Å². The van der Waals surface area contributed by atoms with E-state index >= 15 is 0 Å². The molecule has 38 heavy (non-hydrogen) atoms. The van der Waals surface area contributed by atoms with E-state index in [0.717, 1.165) is 54.1 Å². The lowest BCUT2D eigenvalue weighted by Crippen LogP contribution is -2.23. The molecule has 0 saturated carbocycles. The van der Waals surface area contributed by atoms with E-state index in [1.165, 1.54) is 18.2 Å². The van der Waals surface area contributed by atoms with Crippen LogP contribution in [-0.2, 0) is 26.6 Å². The Labute approximate surface area is 217 Å². The molecule has 196 valence electrons. The number of carbonyl (C=O) groups excluding carboxylic acids is 1. The van der Waals surface area contributed by atoms with Gasteiger partial charge >= 0.3 is 0 Å². The van der Waals surface area contributed by atoms with Crippen LogP contribution in [-0.4, -0.2) is 27.7 Å². The van der Waals surface area contributed by atoms with Crippen LogP contribution in [0.4, 0.5) is 20.2 Å². The quantitative estimate of drug-likeness (QED) is 0.285. The van der Waals surface area contributed by atoms with Crippen LogP contribution in [0.25, 0.3) is 0 Å². The van der Waals surface area contributed by atoms with Crippen LogP contribution in [0.15, 0.2) is 101 Å². The van der Waals surface area contributed by atoms with Crippen molar-refractivity contribution in [2.45, 2.75) is 16.3 Å². The van der Waals surface area contributed by atoms with E-state index in [1.807, 2.05) is 0 Å². The van der Waals surface area contributed by atoms with Gasteiger partial charge in [0.25, 0.3) is 26.0 Å². The number of anilines is 2. The SMILES string of the molecule is O=C(NCc1ccncc1)c1cc(NS(=O)(=O)c2ccc(F)cc2)cc(NS(=O)(=O)c2ccc(F)cc2)c1. The van der Waals surface area contributed by atoms with Gasteiger partial charge in [-0.3, -0.25) is 19.2 Å². The molecule has 0 spiro atoms. The van der Waals surface area contributed by atoms with Crippen LogP contribution in [0.1, 0.15) is 15.9 Å². The summed E-state index contributed by atoms with van der Waals surface area (Å²) in [6.07, 6.45) is 3.10. The highest BCUT2D eigenvalue weighted by Crippen LogP contribution is 2.25. The zero-order chi connectivity index (χ0) is 27.3. The zero-order valence-electron chi connectivity index (χ0n) is 19.4. The van der Waals surface area contributed by atoms with E-state index in [0.29, 0.717) is 0 Å². The molecule has 0 unspecified atom stereocenters. The maximum absolute atomic E-state index is 13.3. The molecule has 0 radical (unpaired) electrons. The third kappa shape index (κ3) is 6.69. The van der Waals surface area contributed by atoms with Crippen LogP contribution >= 0.6 is 0 Å². The highest BCUT2D eigenvalue weighted by molar-refractivity contribution is 7.93. The molecule has 0 aliphatic carbocycles. The lowest BCUT2D eigenvalue weighted by molar-refractivity contribution is 0.0951. The maximum Gasteiger partial charge on any atom is 0.261 e. The number of benzene rings is 3. The summed E-state index contributed by atoms with van der Waals surface area (Å²) in [5, 5.41) is 2.67. The second-order valence-corrected chi connectivity index (χ2v) is 11.3. The predicted octanol–water partition coefficient (Wildman–Crippen LogP) is 3.89. The Morgan fingerprint density at radius 1 is 0.684 bits per heavy atom. The van der Waals surface area contributed by atoms with Crippen molar-refractivity contribution in [2.24, 2.45) is 0 Å². The number of hydrogen-bond donors (Lipinski definition) is 3. The first-order chi connectivity index (χ1) is 18.0. The Morgan fingerprint density at radius 3 is 1.58 bits per heavy atom. The second-order valence-electron chi connectivity index (χ2n) is 7.96. The number of carbonyl (C=O) groups is 1. The number of amides is 1. The standard InChI is InChI=1S/C25H20F2N4O5S2/c26-19-1-5-23(6-2-19)37(33,34)30-21-13-18(25(32)29-16-17-9-11-28-12-10-17)14-22(15-21)31-38(35,36)24-7-3-20(27)4-8-24/h1-15,30-31H,16H2,(H,29,32). The number of halogens is 2. The number of nitrogens with zero attached hydrogens (tertiary/aromatic N) is 1. The first kappa shape index (κ1) is 26.7. The summed E-state index contributed by atoms with van der Waals surface area (Å²) in [6, 6.07) is 15.1. The van der Waals surface area contributed by atoms with Gasteiger partial charge in [-0.25, -0.2) is 25.6 Å². The molecule has 3 aromatic carbocycles. The van der Waals surface area contributed by atoms with Gasteiger partial charge in [0.2, 0.25) is 0 Å². The van der Waals surface area contributed by atoms with Gasteiger partial charge in [0.05, 0.1) is 21.2 Å². The minimum Gasteiger partial charge on any atom is -0.348 e. The number of nitrogens with one attached hydrogen (secondary N) is 3. The van der Waals surface area contributed by atoms with E-state index in [-0.39, 0.29) is 33.3 Å². The Kier molecular flexibility index (Phi) is 7.69. The molecule has 1 aromatic heterocycles. The van der Waals surface area contributed by atoms with Crippen molar-refractivity contribution >= 4 is 37.3 Å². The number of sulfonamides is 2. The van der Waals surface area contributed by atoms with Crippen molar-refractivity contribution in [3.63, 3.8) is 0 Å². The molecule has 1 amide bonds. The lowest BCUT2D eigenvalue weighted by Gasteiger charge is -2.14. The van der Waals surface area contributed by atoms with Gasteiger partial charge in [-0.2, -0.15) is 0 Å². The molecular formula is C25H20F2N4O5S2. The second kappa shape index (κ2) is 10.9. The van der Waals surface area contributed by atoms with Gasteiger partial charge in [-0.05, 0) is 84.4 Å². The van der Waals surface area contributed by atoms with E-state index in [1.54, 1.807) is 24.5 Å². The Balaban J connectivity index is 1.67. The molecule has 0 aliphatic rings. The minimum absolute atomic E-state index is 0.0600. The Hall–Kier alpha value is -4.36. The topological polar surface area (TPSA) is 134 Å². The van der Waals surface area contributed by atoms with Crippen LogP contribution in [0, 0.1) is 11.6 Å². The molecule has 13 heteroatoms. The fraction of sp³-hybridized carbons (Fsp3) is 0.0400. The molecule has 4 rings (SSSR count). The summed E-state index contributed by atoms with van der Waals surface area (Å²) >= 11 is 0. The molecule has 0 fully saturated rings. The van der Waals surface area contributed by atoms with Crippen molar-refractivity contribution in [1.82, 2.24) is 10.3 Å². The summed E-state index contributed by atoms with van der Waals surface area (Å²) in [4.78, 5) is 16.3. The van der Waals surface area contributed by atoms with Crippen LogP contribution in [0.3, 0.4) is 0 Å². The number of pyridine rings is 1. The maximum atomic E-state index is 13.3. The van der Waals surface area contributed by atoms with Crippen molar-refractivity contribution in [3.8, 4) is 0 Å². The van der Waals surface area contributed by atoms with Gasteiger partial charge in [0.15, 0.2) is 0 Å². The highest BCUT2D eigenvalue weighted by Gasteiger charge is 2.19. The molecule has 0 atom stereocenters. The minimum atomic E-state index is -4.22. The summed E-state index contributed by atoms with van der Waals surface area (Å²) in [7, 11) is -8.44. The van der Waals surface area contributed by atoms with Gasteiger partial charge < -0.3 is 5.32 Å². The first-order valence-corrected chi connectivity index (χ1v) is 13.9. The Bertz CT molecular complexity index is 1570. The smallest absolute Gasteiger partial charge is 0.261 e. The van der Waals surface area contributed by atoms with Crippen molar-refractivity contribution < 1.29 is 30.4 Å². The third-order valence-electron chi connectivity index (χ3n) is 5.15. The Morgan fingerprint density at radius 2 is 1.13 bits per heavy atom. The molecule has 0 bridgehead atoms. The average molecular weight is 559 g/mol. The number of aromatic nitrogens is 1. The van der Waals surface area contributed by atoms with E-state index < -0.39 is 37.6 Å². The van der Waals surface area contributed by atoms with E-state index in [4.69, 9.17) is 0 Å². The summed E-state index contributed by atoms with van der Waals surface area (Å²) in [5.41, 5.74) is 0.416. The molecule has 9 nitrogen and oxygen atoms in total. The van der Waals surface area contributed by atoms with Crippen molar-refractivity contribution in [2.75, 3.05) is 9.44 Å². The van der Waals surface area contributed by atoms with Crippen molar-refractivity contribution in [1.29, 1.82) is 0 Å². The van der Waals surface area contributed by atoms with Gasteiger partial charge in [0.1, 0.15) is 11.6 Å². The fourth-order valence-electron chi connectivity index (χ4n) is 3.32. The normalized spacial score (nSPS) is 11.5. The molecular weight excluding hydrogens is 538 g/mol. The summed E-state index contributed by atoms with van der Waals surface area (Å²) in [5.74, 6) is -1.88. The van der Waals surface area contributed by atoms with Crippen LogP contribution < -0.4 is 14.8 Å². The zero-order valence-corrected chi connectivity index (χ0v) is 21.1. The molecule has 0 aliphatic heterocycles. The highest BCUT2D eigenvalue weighted by atomic mass is 32.2. The predicted molar refractivity (Wildman–Crippen MR) is 136 cm³/mol. The number of hydrogen-bond acceptors (Lipinski definition) is 6. The van der Waals surface area contributed by atoms with Gasteiger partial charge in [-0.15, -0.1) is 0 Å². The first-order valence-electron chi connectivity index (χ1n) is 10.9. The fourth-order valence-corrected chi connectivity index (χ4v) is 5.40. The number of rotatable bonds is 9. The largest absolute Gasteiger partial charge is 0.348 e. The van der Waals surface area contributed by atoms with Crippen LogP contribution in [0.5, 0.6) is 0 Å². The molecule has 0 saturated heterocycles. The average Bonchev–Trinajstić information content (AvgIpc) is 2.87. The van der Waals surface area contributed by atoms with E-state index in [2.05, 4.69) is 19.7 Å².